The molecule has 1 N–H and O–H groups in total. The number of halogens is 1. The van der Waals surface area contributed by atoms with Crippen LogP contribution in [0.25, 0.3) is 0 Å². The van der Waals surface area contributed by atoms with Gasteiger partial charge >= 0.3 is 0 Å². The van der Waals surface area contributed by atoms with Crippen LogP contribution in [0.5, 0.6) is 0 Å². The predicted octanol–water partition coefficient (Wildman–Crippen LogP) is 2.59. The van der Waals surface area contributed by atoms with E-state index in [2.05, 4.69) is 30.3 Å². The maximum Gasteiger partial charge on any atom is 0.256 e. The van der Waals surface area contributed by atoms with Crippen LogP contribution < -0.4 is 15.1 Å². The van der Waals surface area contributed by atoms with E-state index >= 15 is 0 Å². The Bertz CT molecular complexity index is 925. The summed E-state index contributed by atoms with van der Waals surface area (Å²) in [6.07, 6.45) is 1.80. The molecule has 1 amide bonds. The Kier molecular flexibility index (Phi) is 5.09. The molecule has 8 heteroatoms. The summed E-state index contributed by atoms with van der Waals surface area (Å²) >= 11 is 0. The van der Waals surface area contributed by atoms with E-state index in [1.807, 2.05) is 24.3 Å². The molecule has 0 saturated carbocycles. The summed E-state index contributed by atoms with van der Waals surface area (Å²) in [5.74, 6) is 1.35. The van der Waals surface area contributed by atoms with Crippen molar-refractivity contribution in [3.63, 3.8) is 0 Å². The number of rotatable bonds is 4. The van der Waals surface area contributed by atoms with Gasteiger partial charge in [0.05, 0.1) is 0 Å². The number of nitrogens with one attached hydrogen (secondary N) is 1. The van der Waals surface area contributed by atoms with E-state index in [9.17, 15) is 9.18 Å². The lowest BCUT2D eigenvalue weighted by Crippen LogP contribution is -2.47. The van der Waals surface area contributed by atoms with Gasteiger partial charge in [0, 0.05) is 37.9 Å². The highest BCUT2D eigenvalue weighted by Gasteiger charge is 2.19. The van der Waals surface area contributed by atoms with E-state index in [1.165, 1.54) is 24.3 Å². The van der Waals surface area contributed by atoms with Gasteiger partial charge in [-0.3, -0.25) is 4.79 Å². The molecule has 3 heterocycles. The SMILES string of the molecule is O=C(Nc1ccc(N2CCN(c3ccccn3)CC2)nn1)c1ccc(F)cc1. The molecule has 1 aromatic carbocycles. The molecule has 0 unspecified atom stereocenters. The zero-order valence-corrected chi connectivity index (χ0v) is 15.1. The summed E-state index contributed by atoms with van der Waals surface area (Å²) in [5.41, 5.74) is 0.359. The Morgan fingerprint density at radius 3 is 2.18 bits per heavy atom. The fraction of sp³-hybridized carbons (Fsp3) is 0.200. The van der Waals surface area contributed by atoms with Gasteiger partial charge in [0.1, 0.15) is 11.6 Å². The first-order valence-corrected chi connectivity index (χ1v) is 9.00. The summed E-state index contributed by atoms with van der Waals surface area (Å²) in [6, 6.07) is 14.8. The van der Waals surface area contributed by atoms with Gasteiger partial charge in [-0.25, -0.2) is 9.37 Å². The third-order valence-corrected chi connectivity index (χ3v) is 4.58. The second-order valence-electron chi connectivity index (χ2n) is 6.40. The first-order chi connectivity index (χ1) is 13.7. The Hall–Kier alpha value is -3.55. The van der Waals surface area contributed by atoms with Gasteiger partial charge in [-0.1, -0.05) is 6.07 Å². The lowest BCUT2D eigenvalue weighted by Gasteiger charge is -2.35. The van der Waals surface area contributed by atoms with Crippen molar-refractivity contribution in [3.8, 4) is 0 Å². The monoisotopic (exact) mass is 378 g/mol. The fourth-order valence-electron chi connectivity index (χ4n) is 3.06. The van der Waals surface area contributed by atoms with E-state index in [-0.39, 0.29) is 11.7 Å². The predicted molar refractivity (Wildman–Crippen MR) is 105 cm³/mol. The van der Waals surface area contributed by atoms with Gasteiger partial charge in [-0.15, -0.1) is 10.2 Å². The summed E-state index contributed by atoms with van der Waals surface area (Å²) in [5, 5.41) is 11.0. The van der Waals surface area contributed by atoms with Gasteiger partial charge in [0.25, 0.3) is 5.91 Å². The highest BCUT2D eigenvalue weighted by Crippen LogP contribution is 2.18. The molecule has 4 rings (SSSR count). The number of amides is 1. The molecule has 142 valence electrons. The number of carbonyl (C=O) groups is 1. The molecule has 1 saturated heterocycles. The van der Waals surface area contributed by atoms with Gasteiger partial charge in [-0.05, 0) is 48.5 Å². The largest absolute Gasteiger partial charge is 0.353 e. The van der Waals surface area contributed by atoms with Crippen LogP contribution in [-0.2, 0) is 0 Å². The molecule has 1 aliphatic heterocycles. The molecule has 0 bridgehead atoms. The van der Waals surface area contributed by atoms with Crippen LogP contribution in [0.3, 0.4) is 0 Å². The van der Waals surface area contributed by atoms with Crippen molar-refractivity contribution < 1.29 is 9.18 Å². The minimum Gasteiger partial charge on any atom is -0.353 e. The van der Waals surface area contributed by atoms with Crippen molar-refractivity contribution in [1.29, 1.82) is 0 Å². The number of pyridine rings is 1. The Morgan fingerprint density at radius 2 is 1.57 bits per heavy atom. The van der Waals surface area contributed by atoms with Crippen molar-refractivity contribution in [1.82, 2.24) is 15.2 Å². The zero-order valence-electron chi connectivity index (χ0n) is 15.1. The number of benzene rings is 1. The smallest absolute Gasteiger partial charge is 0.256 e. The number of nitrogens with zero attached hydrogens (tertiary/aromatic N) is 5. The standard InChI is InChI=1S/C20H19FN6O/c21-16-6-4-15(5-7-16)20(28)23-17-8-9-19(25-24-17)27-13-11-26(12-14-27)18-3-1-2-10-22-18/h1-10H,11-14H2,(H,23,24,28). The topological polar surface area (TPSA) is 74.2 Å². The molecule has 3 aromatic rings. The number of piperazine rings is 1. The minimum atomic E-state index is -0.385. The van der Waals surface area contributed by atoms with E-state index in [4.69, 9.17) is 0 Å². The van der Waals surface area contributed by atoms with Crippen LogP contribution in [0.15, 0.2) is 60.8 Å². The van der Waals surface area contributed by atoms with Gasteiger partial charge in [-0.2, -0.15) is 0 Å². The van der Waals surface area contributed by atoms with Crippen molar-refractivity contribution >= 4 is 23.4 Å². The van der Waals surface area contributed by atoms with E-state index in [1.54, 1.807) is 12.3 Å². The second kappa shape index (κ2) is 7.99. The molecule has 1 aliphatic rings. The van der Waals surface area contributed by atoms with E-state index in [0.717, 1.165) is 37.8 Å². The zero-order chi connectivity index (χ0) is 19.3. The molecule has 1 fully saturated rings. The first kappa shape index (κ1) is 17.8. The molecule has 7 nitrogen and oxygen atoms in total. The normalized spacial score (nSPS) is 14.0. The number of anilines is 3. The van der Waals surface area contributed by atoms with E-state index in [0.29, 0.717) is 11.4 Å². The van der Waals surface area contributed by atoms with Crippen LogP contribution in [0.4, 0.5) is 21.8 Å². The van der Waals surface area contributed by atoms with Crippen LogP contribution in [0, 0.1) is 5.82 Å². The van der Waals surface area contributed by atoms with Crippen molar-refractivity contribution in [3.05, 3.63) is 72.2 Å². The lowest BCUT2D eigenvalue weighted by molar-refractivity contribution is 0.102. The Balaban J connectivity index is 1.35. The molecular weight excluding hydrogens is 359 g/mol. The van der Waals surface area contributed by atoms with Crippen LogP contribution in [0.2, 0.25) is 0 Å². The molecule has 28 heavy (non-hydrogen) atoms. The van der Waals surface area contributed by atoms with Crippen molar-refractivity contribution in [2.24, 2.45) is 0 Å². The first-order valence-electron chi connectivity index (χ1n) is 9.00. The van der Waals surface area contributed by atoms with Crippen LogP contribution in [0.1, 0.15) is 10.4 Å². The maximum absolute atomic E-state index is 13.0. The molecule has 0 radical (unpaired) electrons. The highest BCUT2D eigenvalue weighted by molar-refractivity contribution is 6.03. The Labute approximate surface area is 161 Å². The van der Waals surface area contributed by atoms with Gasteiger partial charge in [0.15, 0.2) is 11.6 Å². The van der Waals surface area contributed by atoms with Crippen molar-refractivity contribution in [2.45, 2.75) is 0 Å². The number of hydrogen-bond donors (Lipinski definition) is 1. The fourth-order valence-corrected chi connectivity index (χ4v) is 3.06. The molecule has 0 aliphatic carbocycles. The van der Waals surface area contributed by atoms with Crippen molar-refractivity contribution in [2.75, 3.05) is 41.3 Å². The number of aromatic nitrogens is 3. The summed E-state index contributed by atoms with van der Waals surface area (Å²) in [7, 11) is 0. The second-order valence-corrected chi connectivity index (χ2v) is 6.40. The number of hydrogen-bond acceptors (Lipinski definition) is 6. The summed E-state index contributed by atoms with van der Waals surface area (Å²) < 4.78 is 13.0. The maximum atomic E-state index is 13.0. The lowest BCUT2D eigenvalue weighted by atomic mass is 10.2. The molecule has 2 aromatic heterocycles. The molecule has 0 spiro atoms. The summed E-state index contributed by atoms with van der Waals surface area (Å²) in [6.45, 7) is 3.32. The van der Waals surface area contributed by atoms with Crippen LogP contribution >= 0.6 is 0 Å². The highest BCUT2D eigenvalue weighted by atomic mass is 19.1. The quantitative estimate of drug-likeness (QED) is 0.752. The van der Waals surface area contributed by atoms with Crippen LogP contribution in [-0.4, -0.2) is 47.3 Å². The Morgan fingerprint density at radius 1 is 0.857 bits per heavy atom. The molecule has 0 atom stereocenters. The average molecular weight is 378 g/mol. The summed E-state index contributed by atoms with van der Waals surface area (Å²) in [4.78, 5) is 20.9. The van der Waals surface area contributed by atoms with E-state index < -0.39 is 0 Å². The average Bonchev–Trinajstić information content (AvgIpc) is 2.75. The molecular formula is C20H19FN6O. The minimum absolute atomic E-state index is 0.352. The van der Waals surface area contributed by atoms with Gasteiger partial charge in [0.2, 0.25) is 0 Å². The third-order valence-electron chi connectivity index (χ3n) is 4.58. The number of carbonyl (C=O) groups excluding carboxylic acids is 1. The van der Waals surface area contributed by atoms with Gasteiger partial charge < -0.3 is 15.1 Å². The third kappa shape index (κ3) is 4.06.